The van der Waals surface area contributed by atoms with Crippen molar-refractivity contribution in [3.05, 3.63) is 23.3 Å². The van der Waals surface area contributed by atoms with Gasteiger partial charge in [0, 0.05) is 6.42 Å². The van der Waals surface area contributed by atoms with Crippen molar-refractivity contribution in [1.82, 2.24) is 0 Å². The van der Waals surface area contributed by atoms with Gasteiger partial charge in [-0.05, 0) is 103 Å². The first-order valence-electron chi connectivity index (χ1n) is 11.8. The highest BCUT2D eigenvalue weighted by molar-refractivity contribution is 5.92. The van der Waals surface area contributed by atoms with Crippen molar-refractivity contribution in [3.63, 3.8) is 0 Å². The zero-order valence-corrected chi connectivity index (χ0v) is 18.3. The van der Waals surface area contributed by atoms with Gasteiger partial charge in [0.25, 0.3) is 0 Å². The molecule has 7 atom stereocenters. The minimum absolute atomic E-state index is 0.243. The molecule has 0 bridgehead atoms. The highest BCUT2D eigenvalue weighted by atomic mass is 16.1. The molecular weight excluding hydrogens is 328 g/mol. The molecule has 0 amide bonds. The van der Waals surface area contributed by atoms with E-state index in [2.05, 4.69) is 40.7 Å². The molecule has 3 saturated carbocycles. The third-order valence-corrected chi connectivity index (χ3v) is 9.72. The van der Waals surface area contributed by atoms with E-state index in [1.807, 2.05) is 6.08 Å². The lowest BCUT2D eigenvalue weighted by Gasteiger charge is -2.59. The standard InChI is InChI=1S/C26H40O/c1-6-8-17(3)21-9-10-22-20-15-18(7-2)24-16-19(27)11-13-26(24,5)23(20)12-14-25(21,22)4/h7,16-17,20-23H,6,8-15H2,1-5H3/b18-7-/t17-,20?,21?,22?,23?,25-,26-/m1/s1. The van der Waals surface area contributed by atoms with Crippen LogP contribution in [-0.2, 0) is 4.79 Å². The van der Waals surface area contributed by atoms with Crippen molar-refractivity contribution in [2.24, 2.45) is 40.4 Å². The van der Waals surface area contributed by atoms with E-state index in [-0.39, 0.29) is 5.41 Å². The Bertz CT molecular complexity index is 670. The summed E-state index contributed by atoms with van der Waals surface area (Å²) < 4.78 is 0. The molecule has 0 spiro atoms. The van der Waals surface area contributed by atoms with Crippen LogP contribution in [-0.4, -0.2) is 5.78 Å². The van der Waals surface area contributed by atoms with E-state index in [4.69, 9.17) is 0 Å². The predicted molar refractivity (Wildman–Crippen MR) is 113 cm³/mol. The van der Waals surface area contributed by atoms with Gasteiger partial charge in [-0.15, -0.1) is 0 Å². The largest absolute Gasteiger partial charge is 0.295 e. The number of allylic oxidation sites excluding steroid dienone is 3. The molecule has 0 N–H and O–H groups in total. The maximum atomic E-state index is 12.2. The highest BCUT2D eigenvalue weighted by Crippen LogP contribution is 2.68. The monoisotopic (exact) mass is 368 g/mol. The molecule has 1 nitrogen and oxygen atoms in total. The van der Waals surface area contributed by atoms with Crippen LogP contribution in [0.25, 0.3) is 0 Å². The number of carbonyl (C=O) groups is 1. The Balaban J connectivity index is 1.68. The maximum Gasteiger partial charge on any atom is 0.156 e. The van der Waals surface area contributed by atoms with Crippen molar-refractivity contribution >= 4 is 5.78 Å². The minimum Gasteiger partial charge on any atom is -0.295 e. The van der Waals surface area contributed by atoms with Crippen LogP contribution in [0.4, 0.5) is 0 Å². The zero-order valence-electron chi connectivity index (χ0n) is 18.3. The molecule has 150 valence electrons. The summed E-state index contributed by atoms with van der Waals surface area (Å²) in [6.07, 6.45) is 15.8. The molecule has 4 rings (SSSR count). The van der Waals surface area contributed by atoms with E-state index in [0.29, 0.717) is 11.2 Å². The molecule has 1 heteroatoms. The van der Waals surface area contributed by atoms with Gasteiger partial charge < -0.3 is 0 Å². The molecule has 3 fully saturated rings. The molecule has 4 unspecified atom stereocenters. The van der Waals surface area contributed by atoms with E-state index in [1.54, 1.807) is 0 Å². The molecule has 0 radical (unpaired) electrons. The molecule has 0 aliphatic heterocycles. The van der Waals surface area contributed by atoms with E-state index in [0.717, 1.165) is 42.4 Å². The smallest absolute Gasteiger partial charge is 0.156 e. The first kappa shape index (κ1) is 19.5. The van der Waals surface area contributed by atoms with Crippen LogP contribution < -0.4 is 0 Å². The predicted octanol–water partition coefficient (Wildman–Crippen LogP) is 7.13. The Morgan fingerprint density at radius 1 is 1.19 bits per heavy atom. The third-order valence-electron chi connectivity index (χ3n) is 9.72. The van der Waals surface area contributed by atoms with Crippen LogP contribution in [0.2, 0.25) is 0 Å². The van der Waals surface area contributed by atoms with Crippen molar-refractivity contribution < 1.29 is 4.79 Å². The lowest BCUT2D eigenvalue weighted by Crippen LogP contribution is -2.51. The lowest BCUT2D eigenvalue weighted by atomic mass is 9.45. The summed E-state index contributed by atoms with van der Waals surface area (Å²) in [5, 5.41) is 0. The molecule has 4 aliphatic carbocycles. The van der Waals surface area contributed by atoms with Gasteiger partial charge in [0.2, 0.25) is 0 Å². The number of hydrogen-bond donors (Lipinski definition) is 0. The Kier molecular flexibility index (Phi) is 4.97. The summed E-state index contributed by atoms with van der Waals surface area (Å²) in [6, 6.07) is 0. The van der Waals surface area contributed by atoms with Gasteiger partial charge in [0.1, 0.15) is 0 Å². The highest BCUT2D eigenvalue weighted by Gasteiger charge is 2.60. The van der Waals surface area contributed by atoms with E-state index in [9.17, 15) is 4.79 Å². The number of rotatable bonds is 3. The molecule has 0 aromatic heterocycles. The maximum absolute atomic E-state index is 12.2. The van der Waals surface area contributed by atoms with Crippen LogP contribution in [0.15, 0.2) is 23.3 Å². The van der Waals surface area contributed by atoms with Crippen molar-refractivity contribution in [1.29, 1.82) is 0 Å². The van der Waals surface area contributed by atoms with Crippen LogP contribution >= 0.6 is 0 Å². The molecular formula is C26H40O. The van der Waals surface area contributed by atoms with Gasteiger partial charge in [-0.25, -0.2) is 0 Å². The van der Waals surface area contributed by atoms with Gasteiger partial charge in [-0.2, -0.15) is 0 Å². The molecule has 0 aromatic carbocycles. The number of ketones is 1. The van der Waals surface area contributed by atoms with Crippen molar-refractivity contribution in [2.75, 3.05) is 0 Å². The summed E-state index contributed by atoms with van der Waals surface area (Å²) >= 11 is 0. The fourth-order valence-corrected chi connectivity index (χ4v) is 8.39. The third kappa shape index (κ3) is 2.82. The van der Waals surface area contributed by atoms with E-state index < -0.39 is 0 Å². The SMILES string of the molecule is C/C=C1/CC2C3CCC([C@H](C)CCC)[C@@]3(C)CCC2[C@@]2(C)CCC(=O)C=C12. The first-order chi connectivity index (χ1) is 12.8. The average molecular weight is 369 g/mol. The van der Waals surface area contributed by atoms with Gasteiger partial charge in [-0.3, -0.25) is 4.79 Å². The van der Waals surface area contributed by atoms with E-state index >= 15 is 0 Å². The molecule has 4 aliphatic rings. The van der Waals surface area contributed by atoms with Crippen LogP contribution in [0.1, 0.15) is 92.4 Å². The fraction of sp³-hybridized carbons (Fsp3) is 0.808. The van der Waals surface area contributed by atoms with Crippen LogP contribution in [0.3, 0.4) is 0 Å². The second kappa shape index (κ2) is 6.89. The van der Waals surface area contributed by atoms with Gasteiger partial charge >= 0.3 is 0 Å². The normalized spacial score (nSPS) is 46.5. The molecule has 27 heavy (non-hydrogen) atoms. The minimum atomic E-state index is 0.243. The molecule has 0 saturated heterocycles. The Labute approximate surface area is 167 Å². The number of fused-ring (bicyclic) bond motifs is 5. The van der Waals surface area contributed by atoms with Crippen molar-refractivity contribution in [2.45, 2.75) is 92.4 Å². The Hall–Kier alpha value is -0.850. The molecule has 0 aromatic rings. The fourth-order valence-electron chi connectivity index (χ4n) is 8.39. The summed E-state index contributed by atoms with van der Waals surface area (Å²) in [6.45, 7) is 12.2. The van der Waals surface area contributed by atoms with Crippen molar-refractivity contribution in [3.8, 4) is 0 Å². The summed E-state index contributed by atoms with van der Waals surface area (Å²) in [4.78, 5) is 12.2. The van der Waals surface area contributed by atoms with Gasteiger partial charge in [0.05, 0.1) is 0 Å². The summed E-state index contributed by atoms with van der Waals surface area (Å²) in [7, 11) is 0. The second-order valence-corrected chi connectivity index (χ2v) is 10.8. The van der Waals surface area contributed by atoms with Crippen LogP contribution in [0.5, 0.6) is 0 Å². The summed E-state index contributed by atoms with van der Waals surface area (Å²) in [5.74, 6) is 4.68. The van der Waals surface area contributed by atoms with Gasteiger partial charge in [0.15, 0.2) is 5.78 Å². The molecule has 0 heterocycles. The number of hydrogen-bond acceptors (Lipinski definition) is 1. The van der Waals surface area contributed by atoms with E-state index in [1.165, 1.54) is 56.1 Å². The average Bonchev–Trinajstić information content (AvgIpc) is 2.99. The van der Waals surface area contributed by atoms with Gasteiger partial charge in [-0.1, -0.05) is 46.6 Å². The summed E-state index contributed by atoms with van der Waals surface area (Å²) in [5.41, 5.74) is 3.71. The first-order valence-corrected chi connectivity index (χ1v) is 11.8. The topological polar surface area (TPSA) is 17.1 Å². The second-order valence-electron chi connectivity index (χ2n) is 10.8. The Morgan fingerprint density at radius 2 is 1.96 bits per heavy atom. The quantitative estimate of drug-likeness (QED) is 0.518. The number of carbonyl (C=O) groups excluding carboxylic acids is 1. The zero-order chi connectivity index (χ0) is 19.4. The Morgan fingerprint density at radius 3 is 2.67 bits per heavy atom. The van der Waals surface area contributed by atoms with Crippen LogP contribution in [0, 0.1) is 40.4 Å². The lowest BCUT2D eigenvalue weighted by molar-refractivity contribution is -0.117.